The second kappa shape index (κ2) is 8.26. The lowest BCUT2D eigenvalue weighted by molar-refractivity contribution is 0.0902. The maximum absolute atomic E-state index is 12.3. The third-order valence-electron chi connectivity index (χ3n) is 3.10. The van der Waals surface area contributed by atoms with Crippen molar-refractivity contribution in [2.75, 3.05) is 13.6 Å². The second-order valence-corrected chi connectivity index (χ2v) is 8.47. The van der Waals surface area contributed by atoms with Gasteiger partial charge >= 0.3 is 0 Å². The molecule has 0 saturated carbocycles. The first kappa shape index (κ1) is 21.3. The van der Waals surface area contributed by atoms with E-state index in [0.29, 0.717) is 17.3 Å². The number of hydrogen-bond acceptors (Lipinski definition) is 5. The molecule has 0 fully saturated rings. The number of hydrogen-bond donors (Lipinski definition) is 3. The highest BCUT2D eigenvalue weighted by Crippen LogP contribution is 2.21. The highest BCUT2D eigenvalue weighted by molar-refractivity contribution is 7.89. The summed E-state index contributed by atoms with van der Waals surface area (Å²) in [6.45, 7) is 6.33. The molecule has 9 heteroatoms. The van der Waals surface area contributed by atoms with Crippen molar-refractivity contribution in [2.24, 2.45) is 11.7 Å². The van der Waals surface area contributed by atoms with Gasteiger partial charge in [0.05, 0.1) is 15.3 Å². The van der Waals surface area contributed by atoms with Crippen LogP contribution in [0.2, 0.25) is 0 Å². The number of thiophene rings is 1. The average molecular weight is 370 g/mol. The molecule has 0 radical (unpaired) electrons. The van der Waals surface area contributed by atoms with E-state index >= 15 is 0 Å². The molecule has 1 atom stereocenters. The first-order valence-corrected chi connectivity index (χ1v) is 9.04. The number of rotatable bonds is 7. The van der Waals surface area contributed by atoms with Gasteiger partial charge in [0.1, 0.15) is 0 Å². The summed E-state index contributed by atoms with van der Waals surface area (Å²) in [6, 6.07) is 1.37. The van der Waals surface area contributed by atoms with Crippen LogP contribution in [-0.4, -0.2) is 33.5 Å². The maximum atomic E-state index is 12.3. The summed E-state index contributed by atoms with van der Waals surface area (Å²) in [7, 11) is -2.19. The molecule has 0 aromatic carbocycles. The number of amides is 1. The van der Waals surface area contributed by atoms with Crippen LogP contribution in [0.3, 0.4) is 0 Å². The molecule has 0 spiro atoms. The molecule has 4 N–H and O–H groups in total. The van der Waals surface area contributed by atoms with Gasteiger partial charge in [-0.15, -0.1) is 23.7 Å². The predicted molar refractivity (Wildman–Crippen MR) is 92.2 cm³/mol. The number of carbonyl (C=O) groups excluding carboxylic acids is 1. The Kier molecular flexibility index (Phi) is 8.01. The fraction of sp³-hybridized carbons (Fsp3) is 0.615. The Morgan fingerprint density at radius 3 is 2.50 bits per heavy atom. The summed E-state index contributed by atoms with van der Waals surface area (Å²) >= 11 is 1.10. The minimum absolute atomic E-state index is 0. The van der Waals surface area contributed by atoms with Crippen molar-refractivity contribution < 1.29 is 13.2 Å². The van der Waals surface area contributed by atoms with Crippen molar-refractivity contribution in [3.05, 3.63) is 16.3 Å². The Balaban J connectivity index is 0.00000441. The lowest BCUT2D eigenvalue weighted by Crippen LogP contribution is -2.52. The van der Waals surface area contributed by atoms with Crippen LogP contribution in [0.15, 0.2) is 16.3 Å². The van der Waals surface area contributed by atoms with Gasteiger partial charge in [-0.3, -0.25) is 4.79 Å². The van der Waals surface area contributed by atoms with E-state index in [2.05, 4.69) is 23.9 Å². The monoisotopic (exact) mass is 369 g/mol. The molecular weight excluding hydrogens is 346 g/mol. The molecule has 6 nitrogen and oxygen atoms in total. The largest absolute Gasteiger partial charge is 0.345 e. The zero-order chi connectivity index (χ0) is 16.3. The van der Waals surface area contributed by atoms with Crippen molar-refractivity contribution in [3.8, 4) is 0 Å². The van der Waals surface area contributed by atoms with E-state index in [1.165, 1.54) is 18.5 Å². The van der Waals surface area contributed by atoms with Crippen LogP contribution < -0.4 is 15.8 Å². The van der Waals surface area contributed by atoms with Crippen molar-refractivity contribution in [1.29, 1.82) is 0 Å². The Morgan fingerprint density at radius 2 is 2.05 bits per heavy atom. The highest BCUT2D eigenvalue weighted by Gasteiger charge is 2.27. The first-order chi connectivity index (χ1) is 9.63. The van der Waals surface area contributed by atoms with Crippen LogP contribution in [-0.2, 0) is 10.0 Å². The van der Waals surface area contributed by atoms with E-state index in [0.717, 1.165) is 17.8 Å². The van der Waals surface area contributed by atoms with Crippen LogP contribution in [0.25, 0.3) is 0 Å². The SMILES string of the molecule is CNS(=O)(=O)c1csc(C(=O)NC(C)(CN)CC(C)C)c1.Cl. The Hall–Kier alpha value is -0.670. The molecule has 0 aliphatic carbocycles. The lowest BCUT2D eigenvalue weighted by atomic mass is 9.90. The molecule has 0 bridgehead atoms. The van der Waals surface area contributed by atoms with Gasteiger partial charge in [0.2, 0.25) is 10.0 Å². The van der Waals surface area contributed by atoms with Crippen molar-refractivity contribution >= 4 is 39.7 Å². The number of sulfonamides is 1. The second-order valence-electron chi connectivity index (χ2n) is 5.67. The van der Waals surface area contributed by atoms with E-state index in [-0.39, 0.29) is 23.2 Å². The highest BCUT2D eigenvalue weighted by atomic mass is 35.5. The minimum Gasteiger partial charge on any atom is -0.345 e. The summed E-state index contributed by atoms with van der Waals surface area (Å²) < 4.78 is 25.6. The third kappa shape index (κ3) is 5.51. The number of carbonyl (C=O) groups is 1. The van der Waals surface area contributed by atoms with E-state index in [1.54, 1.807) is 0 Å². The Bertz CT molecular complexity index is 601. The molecule has 0 saturated heterocycles. The summed E-state index contributed by atoms with van der Waals surface area (Å²) in [5.74, 6) is 0.0913. The Labute approximate surface area is 142 Å². The molecule has 0 aliphatic rings. The molecule has 22 heavy (non-hydrogen) atoms. The molecule has 1 rings (SSSR count). The maximum Gasteiger partial charge on any atom is 0.261 e. The van der Waals surface area contributed by atoms with E-state index in [9.17, 15) is 13.2 Å². The van der Waals surface area contributed by atoms with Gasteiger partial charge in [-0.25, -0.2) is 13.1 Å². The van der Waals surface area contributed by atoms with Gasteiger partial charge in [-0.05, 0) is 32.4 Å². The van der Waals surface area contributed by atoms with E-state index in [1.807, 2.05) is 6.92 Å². The normalized spacial score (nSPS) is 14.3. The molecule has 1 unspecified atom stereocenters. The van der Waals surface area contributed by atoms with Crippen molar-refractivity contribution in [1.82, 2.24) is 10.0 Å². The average Bonchev–Trinajstić information content (AvgIpc) is 2.88. The molecule has 1 heterocycles. The first-order valence-electron chi connectivity index (χ1n) is 6.68. The molecule has 1 aromatic rings. The van der Waals surface area contributed by atoms with Crippen LogP contribution in [0.4, 0.5) is 0 Å². The minimum atomic E-state index is -3.52. The van der Waals surface area contributed by atoms with Gasteiger partial charge in [0, 0.05) is 11.9 Å². The van der Waals surface area contributed by atoms with Gasteiger partial charge in [0.25, 0.3) is 5.91 Å². The molecule has 1 amide bonds. The topological polar surface area (TPSA) is 101 Å². The fourth-order valence-electron chi connectivity index (χ4n) is 2.12. The van der Waals surface area contributed by atoms with Gasteiger partial charge < -0.3 is 11.1 Å². The molecule has 1 aromatic heterocycles. The summed E-state index contributed by atoms with van der Waals surface area (Å²) in [5.41, 5.74) is 5.26. The standard InChI is InChI=1S/C13H23N3O3S2.ClH/c1-9(2)6-13(3,8-14)16-12(17)11-5-10(7-20-11)21(18,19)15-4;/h5,7,9,15H,6,8,14H2,1-4H3,(H,16,17);1H. The van der Waals surface area contributed by atoms with E-state index < -0.39 is 15.6 Å². The van der Waals surface area contributed by atoms with Gasteiger partial charge in [0.15, 0.2) is 0 Å². The fourth-order valence-corrected chi connectivity index (χ4v) is 4.02. The van der Waals surface area contributed by atoms with Crippen LogP contribution in [0.5, 0.6) is 0 Å². The van der Waals surface area contributed by atoms with E-state index in [4.69, 9.17) is 5.73 Å². The number of halogens is 1. The zero-order valence-corrected chi connectivity index (χ0v) is 15.6. The smallest absolute Gasteiger partial charge is 0.261 e. The predicted octanol–water partition coefficient (Wildman–Crippen LogP) is 1.57. The quantitative estimate of drug-likeness (QED) is 0.678. The summed E-state index contributed by atoms with van der Waals surface area (Å²) in [5, 5.41) is 4.35. The zero-order valence-electron chi connectivity index (χ0n) is 13.2. The van der Waals surface area contributed by atoms with Crippen LogP contribution in [0, 0.1) is 5.92 Å². The summed E-state index contributed by atoms with van der Waals surface area (Å²) in [6.07, 6.45) is 0.752. The van der Waals surface area contributed by atoms with Crippen molar-refractivity contribution in [3.63, 3.8) is 0 Å². The molecule has 128 valence electrons. The van der Waals surface area contributed by atoms with Gasteiger partial charge in [-0.2, -0.15) is 0 Å². The number of nitrogens with two attached hydrogens (primary N) is 1. The lowest BCUT2D eigenvalue weighted by Gasteiger charge is -2.31. The molecular formula is C13H24ClN3O3S2. The third-order valence-corrected chi connectivity index (χ3v) is 5.57. The van der Waals surface area contributed by atoms with Crippen LogP contribution >= 0.6 is 23.7 Å². The summed E-state index contributed by atoms with van der Waals surface area (Å²) in [4.78, 5) is 12.7. The Morgan fingerprint density at radius 1 is 1.45 bits per heavy atom. The number of nitrogens with one attached hydrogen (secondary N) is 2. The van der Waals surface area contributed by atoms with Gasteiger partial charge in [-0.1, -0.05) is 13.8 Å². The molecule has 0 aliphatic heterocycles. The van der Waals surface area contributed by atoms with Crippen LogP contribution in [0.1, 0.15) is 36.9 Å². The van der Waals surface area contributed by atoms with Crippen molar-refractivity contribution in [2.45, 2.75) is 37.6 Å².